The molecule has 31 heavy (non-hydrogen) atoms. The third-order valence-electron chi connectivity index (χ3n) is 4.57. The van der Waals surface area contributed by atoms with Crippen molar-refractivity contribution >= 4 is 34.6 Å². The van der Waals surface area contributed by atoms with Crippen molar-refractivity contribution < 1.29 is 13.9 Å². The highest BCUT2D eigenvalue weighted by Crippen LogP contribution is 2.33. The lowest BCUT2D eigenvalue weighted by molar-refractivity contribution is 0.288. The largest absolute Gasteiger partial charge is 0.490 e. The number of nitrogens with one attached hydrogen (secondary N) is 1. The molecule has 0 atom stereocenters. The minimum absolute atomic E-state index is 0.319. The number of aliphatic imine (C=N–C) groups is 2. The number of hydrogen-bond acceptors (Lipinski definition) is 5. The molecule has 3 aromatic rings. The Balaban J connectivity index is 1.83. The Bertz CT molecular complexity index is 1160. The molecule has 0 bridgehead atoms. The van der Waals surface area contributed by atoms with Crippen LogP contribution >= 0.6 is 11.6 Å². The number of benzene rings is 3. The summed E-state index contributed by atoms with van der Waals surface area (Å²) >= 11 is 6.21. The maximum atomic E-state index is 13.4. The van der Waals surface area contributed by atoms with Crippen LogP contribution in [0.15, 0.2) is 70.6 Å². The lowest BCUT2D eigenvalue weighted by atomic mass is 10.1. The first-order chi connectivity index (χ1) is 15.1. The van der Waals surface area contributed by atoms with Gasteiger partial charge in [-0.1, -0.05) is 11.6 Å². The summed E-state index contributed by atoms with van der Waals surface area (Å²) in [4.78, 5) is 9.45. The second kappa shape index (κ2) is 9.18. The fraction of sp³-hybridized carbons (Fsp3) is 0.167. The second-order valence-electron chi connectivity index (χ2n) is 6.72. The SMILES string of the molecule is CCOc1ccc(C2=NC(c3ccc(F)cc3)=Nc3ccc(Cl)cc3N2)cc1OCC. The molecule has 0 saturated heterocycles. The van der Waals surface area contributed by atoms with Crippen molar-refractivity contribution in [1.82, 2.24) is 0 Å². The van der Waals surface area contributed by atoms with Crippen LogP contribution in [0.4, 0.5) is 15.8 Å². The van der Waals surface area contributed by atoms with Gasteiger partial charge in [0.15, 0.2) is 17.3 Å². The smallest absolute Gasteiger partial charge is 0.162 e. The number of ether oxygens (including phenoxy) is 2. The first-order valence-electron chi connectivity index (χ1n) is 9.97. The van der Waals surface area contributed by atoms with E-state index in [0.717, 1.165) is 11.3 Å². The predicted molar refractivity (Wildman–Crippen MR) is 123 cm³/mol. The molecule has 0 fully saturated rings. The second-order valence-corrected chi connectivity index (χ2v) is 7.15. The van der Waals surface area contributed by atoms with Gasteiger partial charge < -0.3 is 14.8 Å². The number of anilines is 1. The van der Waals surface area contributed by atoms with Gasteiger partial charge in [-0.3, -0.25) is 0 Å². The number of nitrogens with zero attached hydrogens (tertiary/aromatic N) is 2. The zero-order chi connectivity index (χ0) is 21.8. The molecule has 4 rings (SSSR count). The zero-order valence-electron chi connectivity index (χ0n) is 17.2. The van der Waals surface area contributed by atoms with Gasteiger partial charge in [0.05, 0.1) is 24.6 Å². The van der Waals surface area contributed by atoms with Crippen molar-refractivity contribution in [3.8, 4) is 11.5 Å². The minimum atomic E-state index is -0.319. The van der Waals surface area contributed by atoms with Gasteiger partial charge in [0.2, 0.25) is 0 Å². The topological polar surface area (TPSA) is 55.2 Å². The van der Waals surface area contributed by atoms with Crippen LogP contribution < -0.4 is 14.8 Å². The molecule has 0 saturated carbocycles. The van der Waals surface area contributed by atoms with Gasteiger partial charge in [0, 0.05) is 16.1 Å². The van der Waals surface area contributed by atoms with Crippen LogP contribution in [-0.2, 0) is 0 Å². The summed E-state index contributed by atoms with van der Waals surface area (Å²) in [5.74, 6) is 1.99. The van der Waals surface area contributed by atoms with Gasteiger partial charge in [-0.25, -0.2) is 14.4 Å². The van der Waals surface area contributed by atoms with Crippen LogP contribution in [-0.4, -0.2) is 24.9 Å². The van der Waals surface area contributed by atoms with E-state index in [4.69, 9.17) is 31.1 Å². The number of halogens is 2. The Morgan fingerprint density at radius 2 is 1.55 bits per heavy atom. The predicted octanol–water partition coefficient (Wildman–Crippen LogP) is 6.23. The Labute approximate surface area is 185 Å². The van der Waals surface area contributed by atoms with Crippen LogP contribution in [0.5, 0.6) is 11.5 Å². The molecule has 3 aromatic carbocycles. The van der Waals surface area contributed by atoms with Crippen LogP contribution in [0.2, 0.25) is 5.02 Å². The van der Waals surface area contributed by atoms with Gasteiger partial charge in [0.25, 0.3) is 0 Å². The van der Waals surface area contributed by atoms with Gasteiger partial charge in [0.1, 0.15) is 11.7 Å². The third kappa shape index (κ3) is 4.70. The Kier molecular flexibility index (Phi) is 6.18. The fourth-order valence-electron chi connectivity index (χ4n) is 3.17. The molecule has 0 aromatic heterocycles. The molecule has 0 unspecified atom stereocenters. The normalized spacial score (nSPS) is 12.8. The molecule has 0 radical (unpaired) electrons. The molecule has 7 heteroatoms. The molecular weight excluding hydrogens is 417 g/mol. The van der Waals surface area contributed by atoms with Gasteiger partial charge in [-0.2, -0.15) is 0 Å². The zero-order valence-corrected chi connectivity index (χ0v) is 17.9. The Morgan fingerprint density at radius 1 is 0.839 bits per heavy atom. The highest BCUT2D eigenvalue weighted by atomic mass is 35.5. The van der Waals surface area contributed by atoms with Crippen LogP contribution in [0, 0.1) is 5.82 Å². The quantitative estimate of drug-likeness (QED) is 0.497. The summed E-state index contributed by atoms with van der Waals surface area (Å²) in [5.41, 5.74) is 2.88. The molecule has 0 spiro atoms. The number of fused-ring (bicyclic) bond motifs is 1. The number of hydrogen-bond donors (Lipinski definition) is 1. The maximum Gasteiger partial charge on any atom is 0.162 e. The third-order valence-corrected chi connectivity index (χ3v) is 4.81. The van der Waals surface area contributed by atoms with E-state index in [-0.39, 0.29) is 5.82 Å². The van der Waals surface area contributed by atoms with Crippen LogP contribution in [0.1, 0.15) is 25.0 Å². The summed E-state index contributed by atoms with van der Waals surface area (Å²) in [6.07, 6.45) is 0. The van der Waals surface area contributed by atoms with Crippen molar-refractivity contribution in [2.45, 2.75) is 13.8 Å². The summed E-state index contributed by atoms with van der Waals surface area (Å²) in [5, 5.41) is 3.91. The van der Waals surface area contributed by atoms with E-state index in [2.05, 4.69) is 5.32 Å². The van der Waals surface area contributed by atoms with Gasteiger partial charge >= 0.3 is 0 Å². The van der Waals surface area contributed by atoms with E-state index in [0.29, 0.717) is 52.7 Å². The number of rotatable bonds is 6. The summed E-state index contributed by atoms with van der Waals surface area (Å²) in [6, 6.07) is 17.1. The van der Waals surface area contributed by atoms with Crippen LogP contribution in [0.25, 0.3) is 0 Å². The maximum absolute atomic E-state index is 13.4. The van der Waals surface area contributed by atoms with Crippen molar-refractivity contribution in [3.63, 3.8) is 0 Å². The van der Waals surface area contributed by atoms with Gasteiger partial charge in [-0.15, -0.1) is 0 Å². The first kappa shape index (κ1) is 20.9. The average Bonchev–Trinajstić information content (AvgIpc) is 2.95. The Morgan fingerprint density at radius 3 is 2.29 bits per heavy atom. The van der Waals surface area contributed by atoms with E-state index < -0.39 is 0 Å². The monoisotopic (exact) mass is 437 g/mol. The van der Waals surface area contributed by atoms with Gasteiger partial charge in [-0.05, 0) is 74.5 Å². The van der Waals surface area contributed by atoms with E-state index >= 15 is 0 Å². The molecule has 1 aliphatic heterocycles. The highest BCUT2D eigenvalue weighted by molar-refractivity contribution is 6.31. The van der Waals surface area contributed by atoms with E-state index in [1.807, 2.05) is 38.1 Å². The Hall–Kier alpha value is -3.38. The summed E-state index contributed by atoms with van der Waals surface area (Å²) in [7, 11) is 0. The molecule has 1 heterocycles. The molecule has 0 aliphatic carbocycles. The van der Waals surface area contributed by atoms with Crippen molar-refractivity contribution in [2.75, 3.05) is 18.5 Å². The van der Waals surface area contributed by atoms with Crippen molar-refractivity contribution in [3.05, 3.63) is 82.6 Å². The average molecular weight is 438 g/mol. The molecule has 5 nitrogen and oxygen atoms in total. The summed E-state index contributed by atoms with van der Waals surface area (Å²) in [6.45, 7) is 4.88. The first-order valence-corrected chi connectivity index (χ1v) is 10.3. The summed E-state index contributed by atoms with van der Waals surface area (Å²) < 4.78 is 24.9. The standard InChI is InChI=1S/C24H21ClFN3O2/c1-3-30-21-12-7-16(13-22(21)31-4-2)24-28-20-14-17(25)8-11-19(20)27-23(29-24)15-5-9-18(26)10-6-15/h5-14H,3-4H2,1-2H3,(H,27,28,29). The molecular formula is C24H21ClFN3O2. The van der Waals surface area contributed by atoms with E-state index in [9.17, 15) is 4.39 Å². The van der Waals surface area contributed by atoms with E-state index in [1.54, 1.807) is 24.3 Å². The lowest BCUT2D eigenvalue weighted by Crippen LogP contribution is -2.15. The van der Waals surface area contributed by atoms with Crippen molar-refractivity contribution in [1.29, 1.82) is 0 Å². The van der Waals surface area contributed by atoms with E-state index in [1.165, 1.54) is 12.1 Å². The number of amidine groups is 2. The van der Waals surface area contributed by atoms with Crippen molar-refractivity contribution in [2.24, 2.45) is 9.98 Å². The minimum Gasteiger partial charge on any atom is -0.490 e. The molecule has 1 N–H and O–H groups in total. The molecule has 1 aliphatic rings. The molecule has 0 amide bonds. The van der Waals surface area contributed by atoms with Crippen LogP contribution in [0.3, 0.4) is 0 Å². The lowest BCUT2D eigenvalue weighted by Gasteiger charge is -2.14. The fourth-order valence-corrected chi connectivity index (χ4v) is 3.34. The highest BCUT2D eigenvalue weighted by Gasteiger charge is 2.17. The molecule has 158 valence electrons.